The summed E-state index contributed by atoms with van der Waals surface area (Å²) in [4.78, 5) is 2.73. The number of likely N-dealkylation sites (tertiary alicyclic amines) is 1. The normalized spacial score (nSPS) is 36.3. The quantitative estimate of drug-likeness (QED) is 0.838. The second kappa shape index (κ2) is 6.58. The molecule has 2 fully saturated rings. The fourth-order valence-corrected chi connectivity index (χ4v) is 4.09. The molecule has 0 bridgehead atoms. The van der Waals surface area contributed by atoms with Crippen LogP contribution in [0.1, 0.15) is 72.1 Å². The molecule has 112 valence electrons. The molecule has 3 atom stereocenters. The highest BCUT2D eigenvalue weighted by Crippen LogP contribution is 2.37. The van der Waals surface area contributed by atoms with Crippen molar-refractivity contribution in [2.45, 2.75) is 84.2 Å². The first-order chi connectivity index (χ1) is 9.08. The molecule has 0 spiro atoms. The highest BCUT2D eigenvalue weighted by atomic mass is 15.2. The Morgan fingerprint density at radius 1 is 1.16 bits per heavy atom. The molecule has 1 saturated heterocycles. The standard InChI is InChI=1S/C17H34N2/c1-4-6-14-7-8-15(18)16(13-14)19-11-9-17(3,5-2)10-12-19/h14-16H,4-13,18H2,1-3H3. The predicted octanol–water partition coefficient (Wildman–Crippen LogP) is 3.79. The zero-order valence-electron chi connectivity index (χ0n) is 13.3. The lowest BCUT2D eigenvalue weighted by atomic mass is 9.75. The summed E-state index contributed by atoms with van der Waals surface area (Å²) in [6.45, 7) is 9.69. The van der Waals surface area contributed by atoms with Gasteiger partial charge in [-0.25, -0.2) is 0 Å². The van der Waals surface area contributed by atoms with Gasteiger partial charge in [0, 0.05) is 12.1 Å². The lowest BCUT2D eigenvalue weighted by Gasteiger charge is -2.47. The minimum absolute atomic E-state index is 0.430. The zero-order chi connectivity index (χ0) is 13.9. The van der Waals surface area contributed by atoms with Crippen LogP contribution in [0, 0.1) is 11.3 Å². The first-order valence-corrected chi connectivity index (χ1v) is 8.57. The van der Waals surface area contributed by atoms with Crippen molar-refractivity contribution < 1.29 is 0 Å². The van der Waals surface area contributed by atoms with Crippen LogP contribution in [0.2, 0.25) is 0 Å². The van der Waals surface area contributed by atoms with Crippen molar-refractivity contribution in [3.05, 3.63) is 0 Å². The molecule has 2 heteroatoms. The number of hydrogen-bond donors (Lipinski definition) is 1. The smallest absolute Gasteiger partial charge is 0.0249 e. The second-order valence-electron chi connectivity index (χ2n) is 7.40. The van der Waals surface area contributed by atoms with Crippen LogP contribution < -0.4 is 5.73 Å². The van der Waals surface area contributed by atoms with E-state index in [2.05, 4.69) is 25.7 Å². The SMILES string of the molecule is CCCC1CCC(N)C(N2CCC(C)(CC)CC2)C1. The van der Waals surface area contributed by atoms with Gasteiger partial charge < -0.3 is 5.73 Å². The number of hydrogen-bond acceptors (Lipinski definition) is 2. The van der Waals surface area contributed by atoms with E-state index in [4.69, 9.17) is 5.73 Å². The van der Waals surface area contributed by atoms with Gasteiger partial charge in [-0.2, -0.15) is 0 Å². The number of piperidine rings is 1. The minimum Gasteiger partial charge on any atom is -0.326 e. The Hall–Kier alpha value is -0.0800. The van der Waals surface area contributed by atoms with Crippen molar-refractivity contribution in [2.24, 2.45) is 17.1 Å². The van der Waals surface area contributed by atoms with Gasteiger partial charge in [-0.05, 0) is 56.5 Å². The molecular weight excluding hydrogens is 232 g/mol. The Morgan fingerprint density at radius 3 is 2.42 bits per heavy atom. The fraction of sp³-hybridized carbons (Fsp3) is 1.00. The van der Waals surface area contributed by atoms with Gasteiger partial charge in [-0.3, -0.25) is 4.90 Å². The average molecular weight is 266 g/mol. The van der Waals surface area contributed by atoms with Crippen LogP contribution >= 0.6 is 0 Å². The molecule has 19 heavy (non-hydrogen) atoms. The summed E-state index contributed by atoms with van der Waals surface area (Å²) in [5, 5.41) is 0. The summed E-state index contributed by atoms with van der Waals surface area (Å²) < 4.78 is 0. The van der Waals surface area contributed by atoms with Crippen LogP contribution in [0.15, 0.2) is 0 Å². The summed E-state index contributed by atoms with van der Waals surface area (Å²) >= 11 is 0. The van der Waals surface area contributed by atoms with E-state index in [1.165, 1.54) is 64.5 Å². The molecule has 1 heterocycles. The van der Waals surface area contributed by atoms with Crippen molar-refractivity contribution >= 4 is 0 Å². The number of nitrogens with two attached hydrogens (primary N) is 1. The molecule has 0 amide bonds. The minimum atomic E-state index is 0.430. The number of rotatable bonds is 4. The van der Waals surface area contributed by atoms with E-state index in [9.17, 15) is 0 Å². The van der Waals surface area contributed by atoms with Crippen LogP contribution in [0.5, 0.6) is 0 Å². The first kappa shape index (κ1) is 15.3. The summed E-state index contributed by atoms with van der Waals surface area (Å²) in [5.74, 6) is 0.939. The van der Waals surface area contributed by atoms with Crippen molar-refractivity contribution in [2.75, 3.05) is 13.1 Å². The van der Waals surface area contributed by atoms with E-state index < -0.39 is 0 Å². The van der Waals surface area contributed by atoms with E-state index >= 15 is 0 Å². The molecule has 1 aliphatic carbocycles. The van der Waals surface area contributed by atoms with Crippen LogP contribution in [0.3, 0.4) is 0 Å². The van der Waals surface area contributed by atoms with Crippen molar-refractivity contribution in [1.29, 1.82) is 0 Å². The molecule has 2 aliphatic rings. The third-order valence-corrected chi connectivity index (χ3v) is 6.00. The molecule has 2 rings (SSSR count). The molecule has 0 radical (unpaired) electrons. The van der Waals surface area contributed by atoms with Gasteiger partial charge in [-0.1, -0.05) is 40.0 Å². The second-order valence-corrected chi connectivity index (χ2v) is 7.40. The molecule has 0 aromatic heterocycles. The van der Waals surface area contributed by atoms with E-state index in [1.807, 2.05) is 0 Å². The molecule has 3 unspecified atom stereocenters. The molecule has 1 aliphatic heterocycles. The Balaban J connectivity index is 1.90. The van der Waals surface area contributed by atoms with Gasteiger partial charge in [0.1, 0.15) is 0 Å². The van der Waals surface area contributed by atoms with E-state index in [1.54, 1.807) is 0 Å². The third-order valence-electron chi connectivity index (χ3n) is 6.00. The zero-order valence-corrected chi connectivity index (χ0v) is 13.3. The van der Waals surface area contributed by atoms with Gasteiger partial charge in [0.25, 0.3) is 0 Å². The van der Waals surface area contributed by atoms with Gasteiger partial charge in [-0.15, -0.1) is 0 Å². The van der Waals surface area contributed by atoms with Crippen molar-refractivity contribution in [1.82, 2.24) is 4.90 Å². The molecule has 1 saturated carbocycles. The number of nitrogens with zero attached hydrogens (tertiary/aromatic N) is 1. The topological polar surface area (TPSA) is 29.3 Å². The van der Waals surface area contributed by atoms with Crippen LogP contribution in [-0.4, -0.2) is 30.1 Å². The first-order valence-electron chi connectivity index (χ1n) is 8.57. The lowest BCUT2D eigenvalue weighted by Crippen LogP contribution is -2.54. The predicted molar refractivity (Wildman–Crippen MR) is 83.2 cm³/mol. The largest absolute Gasteiger partial charge is 0.326 e. The molecule has 2 nitrogen and oxygen atoms in total. The molecule has 0 aromatic rings. The molecular formula is C17H34N2. The van der Waals surface area contributed by atoms with E-state index in [0.29, 0.717) is 17.5 Å². The highest BCUT2D eigenvalue weighted by Gasteiger charge is 2.36. The fourth-order valence-electron chi connectivity index (χ4n) is 4.09. The maximum atomic E-state index is 6.43. The summed E-state index contributed by atoms with van der Waals surface area (Å²) in [7, 11) is 0. The van der Waals surface area contributed by atoms with Crippen LogP contribution in [-0.2, 0) is 0 Å². The maximum absolute atomic E-state index is 6.43. The van der Waals surface area contributed by atoms with Crippen LogP contribution in [0.25, 0.3) is 0 Å². The van der Waals surface area contributed by atoms with Gasteiger partial charge in [0.05, 0.1) is 0 Å². The highest BCUT2D eigenvalue weighted by molar-refractivity contribution is 4.92. The van der Waals surface area contributed by atoms with E-state index in [-0.39, 0.29) is 0 Å². The molecule has 2 N–H and O–H groups in total. The Kier molecular flexibility index (Phi) is 5.30. The summed E-state index contributed by atoms with van der Waals surface area (Å²) in [6, 6.07) is 1.10. The van der Waals surface area contributed by atoms with Gasteiger partial charge in [0.2, 0.25) is 0 Å². The Bertz CT molecular complexity index is 268. The maximum Gasteiger partial charge on any atom is 0.0249 e. The van der Waals surface area contributed by atoms with Crippen molar-refractivity contribution in [3.8, 4) is 0 Å². The monoisotopic (exact) mass is 266 g/mol. The lowest BCUT2D eigenvalue weighted by molar-refractivity contribution is 0.0440. The molecule has 0 aromatic carbocycles. The summed E-state index contributed by atoms with van der Waals surface area (Å²) in [6.07, 6.45) is 10.8. The van der Waals surface area contributed by atoms with Crippen molar-refractivity contribution in [3.63, 3.8) is 0 Å². The average Bonchev–Trinajstić information content (AvgIpc) is 2.42. The van der Waals surface area contributed by atoms with E-state index in [0.717, 1.165) is 5.92 Å². The summed E-state index contributed by atoms with van der Waals surface area (Å²) in [5.41, 5.74) is 7.02. The third kappa shape index (κ3) is 3.72. The van der Waals surface area contributed by atoms with Gasteiger partial charge in [0.15, 0.2) is 0 Å². The Morgan fingerprint density at radius 2 is 1.84 bits per heavy atom. The Labute approximate surface area is 120 Å². The van der Waals surface area contributed by atoms with Gasteiger partial charge >= 0.3 is 0 Å². The van der Waals surface area contributed by atoms with Crippen LogP contribution in [0.4, 0.5) is 0 Å².